The number of hydrogen-bond donors (Lipinski definition) is 2. The maximum Gasteiger partial charge on any atom is 0.412 e. The summed E-state index contributed by atoms with van der Waals surface area (Å²) in [5.41, 5.74) is 4.95. The second-order valence-electron chi connectivity index (χ2n) is 4.91. The first-order valence-corrected chi connectivity index (χ1v) is 5.94. The van der Waals surface area contributed by atoms with Gasteiger partial charge < -0.3 is 15.2 Å². The fourth-order valence-corrected chi connectivity index (χ4v) is 1.29. The van der Waals surface area contributed by atoms with Crippen LogP contribution in [0.25, 0.3) is 0 Å². The summed E-state index contributed by atoms with van der Waals surface area (Å²) in [5.74, 6) is -0.470. The smallest absolute Gasteiger partial charge is 0.412 e. The Bertz CT molecular complexity index is 444. The molecule has 0 unspecified atom stereocenters. The Labute approximate surface area is 111 Å². The Morgan fingerprint density at radius 1 is 1.42 bits per heavy atom. The van der Waals surface area contributed by atoms with Crippen molar-refractivity contribution >= 4 is 11.8 Å². The van der Waals surface area contributed by atoms with Crippen molar-refractivity contribution in [2.24, 2.45) is 5.73 Å². The molecular weight excluding hydrogens is 251 g/mol. The largest absolute Gasteiger partial charge is 0.489 e. The summed E-state index contributed by atoms with van der Waals surface area (Å²) in [6.07, 6.45) is -0.637. The summed E-state index contributed by atoms with van der Waals surface area (Å²) in [4.78, 5) is 11.5. The molecule has 0 aromatic heterocycles. The van der Waals surface area contributed by atoms with Gasteiger partial charge in [-0.3, -0.25) is 5.32 Å². The predicted octanol–water partition coefficient (Wildman–Crippen LogP) is 2.51. The summed E-state index contributed by atoms with van der Waals surface area (Å²) in [6.45, 7) is 5.78. The van der Waals surface area contributed by atoms with Crippen molar-refractivity contribution in [3.8, 4) is 5.75 Å². The molecule has 1 rings (SSSR count). The molecule has 106 valence electrons. The third-order valence-corrected chi connectivity index (χ3v) is 1.95. The fourth-order valence-electron chi connectivity index (χ4n) is 1.29. The Morgan fingerprint density at radius 3 is 2.63 bits per heavy atom. The van der Waals surface area contributed by atoms with Crippen molar-refractivity contribution in [2.45, 2.75) is 26.4 Å². The lowest BCUT2D eigenvalue weighted by Crippen LogP contribution is -2.27. The van der Waals surface area contributed by atoms with Gasteiger partial charge in [-0.2, -0.15) is 0 Å². The van der Waals surface area contributed by atoms with Crippen LogP contribution in [0.3, 0.4) is 0 Å². The molecule has 19 heavy (non-hydrogen) atoms. The van der Waals surface area contributed by atoms with E-state index in [0.29, 0.717) is 12.2 Å². The van der Waals surface area contributed by atoms with Gasteiger partial charge in [0.15, 0.2) is 11.6 Å². The molecule has 1 aromatic carbocycles. The van der Waals surface area contributed by atoms with Crippen molar-refractivity contribution in [2.75, 3.05) is 18.5 Å². The van der Waals surface area contributed by atoms with Crippen LogP contribution in [0, 0.1) is 5.82 Å². The maximum absolute atomic E-state index is 13.6. The number of ether oxygens (including phenoxy) is 2. The van der Waals surface area contributed by atoms with Crippen molar-refractivity contribution < 1.29 is 18.7 Å². The van der Waals surface area contributed by atoms with Crippen molar-refractivity contribution in [1.29, 1.82) is 0 Å². The zero-order chi connectivity index (χ0) is 14.5. The SMILES string of the molecule is CC(C)(C)OC(=O)Nc1ccc(OCCN)c(F)c1. The maximum atomic E-state index is 13.6. The van der Waals surface area contributed by atoms with E-state index in [1.807, 2.05) is 0 Å². The van der Waals surface area contributed by atoms with Crippen LogP contribution in [0.15, 0.2) is 18.2 Å². The van der Waals surface area contributed by atoms with Crippen LogP contribution in [0.5, 0.6) is 5.75 Å². The molecule has 0 atom stereocenters. The van der Waals surface area contributed by atoms with E-state index in [1.54, 1.807) is 20.8 Å². The highest BCUT2D eigenvalue weighted by atomic mass is 19.1. The van der Waals surface area contributed by atoms with Crippen LogP contribution >= 0.6 is 0 Å². The van der Waals surface area contributed by atoms with Crippen LogP contribution in [0.4, 0.5) is 14.9 Å². The number of hydrogen-bond acceptors (Lipinski definition) is 4. The molecule has 0 spiro atoms. The van der Waals surface area contributed by atoms with E-state index in [1.165, 1.54) is 12.1 Å². The fraction of sp³-hybridized carbons (Fsp3) is 0.462. The molecule has 0 saturated carbocycles. The first-order valence-electron chi connectivity index (χ1n) is 5.94. The minimum atomic E-state index is -0.637. The van der Waals surface area contributed by atoms with E-state index in [4.69, 9.17) is 15.2 Å². The zero-order valence-electron chi connectivity index (χ0n) is 11.3. The highest BCUT2D eigenvalue weighted by Gasteiger charge is 2.16. The number of nitrogens with one attached hydrogen (secondary N) is 1. The number of rotatable bonds is 4. The average Bonchev–Trinajstić information content (AvgIpc) is 2.25. The molecule has 0 aliphatic heterocycles. The Morgan fingerprint density at radius 2 is 2.11 bits per heavy atom. The lowest BCUT2D eigenvalue weighted by molar-refractivity contribution is 0.0636. The number of amides is 1. The minimum absolute atomic E-state index is 0.0974. The molecule has 0 heterocycles. The number of halogens is 1. The molecule has 1 amide bonds. The quantitative estimate of drug-likeness (QED) is 0.881. The van der Waals surface area contributed by atoms with Gasteiger partial charge in [-0.15, -0.1) is 0 Å². The minimum Gasteiger partial charge on any atom is -0.489 e. The van der Waals surface area contributed by atoms with Crippen molar-refractivity contribution in [3.63, 3.8) is 0 Å². The molecule has 0 saturated heterocycles. The van der Waals surface area contributed by atoms with Gasteiger partial charge in [-0.05, 0) is 32.9 Å². The summed E-state index contributed by atoms with van der Waals surface area (Å²) in [6, 6.07) is 4.12. The number of benzene rings is 1. The van der Waals surface area contributed by atoms with E-state index in [-0.39, 0.29) is 12.4 Å². The summed E-state index contributed by atoms with van der Waals surface area (Å²) >= 11 is 0. The Kier molecular flexibility index (Phi) is 5.11. The topological polar surface area (TPSA) is 73.6 Å². The first-order chi connectivity index (χ1) is 8.81. The van der Waals surface area contributed by atoms with E-state index in [2.05, 4.69) is 5.32 Å². The van der Waals surface area contributed by atoms with Crippen molar-refractivity contribution in [3.05, 3.63) is 24.0 Å². The predicted molar refractivity (Wildman–Crippen MR) is 70.8 cm³/mol. The lowest BCUT2D eigenvalue weighted by Gasteiger charge is -2.19. The standard InChI is InChI=1S/C13H19FN2O3/c1-13(2,3)19-12(17)16-9-4-5-11(10(14)8-9)18-7-6-15/h4-5,8H,6-7,15H2,1-3H3,(H,16,17). The lowest BCUT2D eigenvalue weighted by atomic mass is 10.2. The average molecular weight is 270 g/mol. The zero-order valence-corrected chi connectivity index (χ0v) is 11.3. The number of carbonyl (C=O) groups excluding carboxylic acids is 1. The Balaban J connectivity index is 2.65. The van der Waals surface area contributed by atoms with Gasteiger partial charge >= 0.3 is 6.09 Å². The molecule has 6 heteroatoms. The van der Waals surface area contributed by atoms with Gasteiger partial charge in [0, 0.05) is 18.3 Å². The second-order valence-corrected chi connectivity index (χ2v) is 4.91. The Hall–Kier alpha value is -1.82. The van der Waals surface area contributed by atoms with Gasteiger partial charge in [-0.1, -0.05) is 0 Å². The molecule has 0 aliphatic carbocycles. The number of nitrogens with two attached hydrogens (primary N) is 1. The van der Waals surface area contributed by atoms with Crippen LogP contribution in [-0.2, 0) is 4.74 Å². The van der Waals surface area contributed by atoms with Crippen LogP contribution in [0.2, 0.25) is 0 Å². The van der Waals surface area contributed by atoms with E-state index in [9.17, 15) is 9.18 Å². The van der Waals surface area contributed by atoms with Gasteiger partial charge in [0.1, 0.15) is 12.2 Å². The van der Waals surface area contributed by atoms with Gasteiger partial charge in [0.25, 0.3) is 0 Å². The molecule has 5 nitrogen and oxygen atoms in total. The molecule has 0 aliphatic rings. The van der Waals surface area contributed by atoms with E-state index < -0.39 is 17.5 Å². The van der Waals surface area contributed by atoms with Gasteiger partial charge in [0.05, 0.1) is 0 Å². The normalized spacial score (nSPS) is 11.0. The van der Waals surface area contributed by atoms with Crippen LogP contribution in [-0.4, -0.2) is 24.8 Å². The summed E-state index contributed by atoms with van der Waals surface area (Å²) in [7, 11) is 0. The monoisotopic (exact) mass is 270 g/mol. The second kappa shape index (κ2) is 6.38. The summed E-state index contributed by atoms with van der Waals surface area (Å²) in [5, 5.41) is 2.44. The van der Waals surface area contributed by atoms with Crippen molar-refractivity contribution in [1.82, 2.24) is 0 Å². The molecule has 3 N–H and O–H groups in total. The van der Waals surface area contributed by atoms with Gasteiger partial charge in [-0.25, -0.2) is 9.18 Å². The summed E-state index contributed by atoms with van der Waals surface area (Å²) < 4.78 is 23.7. The molecule has 0 fully saturated rings. The highest BCUT2D eigenvalue weighted by molar-refractivity contribution is 5.84. The van der Waals surface area contributed by atoms with Crippen LogP contribution in [0.1, 0.15) is 20.8 Å². The highest BCUT2D eigenvalue weighted by Crippen LogP contribution is 2.21. The first kappa shape index (κ1) is 15.2. The number of carbonyl (C=O) groups is 1. The third-order valence-electron chi connectivity index (χ3n) is 1.95. The molecule has 1 aromatic rings. The van der Waals surface area contributed by atoms with E-state index >= 15 is 0 Å². The number of anilines is 1. The third kappa shape index (κ3) is 5.56. The molecule has 0 radical (unpaired) electrons. The molecule has 0 bridgehead atoms. The molecular formula is C13H19FN2O3. The van der Waals surface area contributed by atoms with Gasteiger partial charge in [0.2, 0.25) is 0 Å². The van der Waals surface area contributed by atoms with Crippen LogP contribution < -0.4 is 15.8 Å². The van der Waals surface area contributed by atoms with E-state index in [0.717, 1.165) is 6.07 Å².